The molecule has 3 rings (SSSR count). The van der Waals surface area contributed by atoms with E-state index >= 15 is 0 Å². The Morgan fingerprint density at radius 1 is 1.07 bits per heavy atom. The molecule has 1 heterocycles. The molecule has 28 heavy (non-hydrogen) atoms. The van der Waals surface area contributed by atoms with Crippen LogP contribution in [0.1, 0.15) is 41.3 Å². The molecule has 0 radical (unpaired) electrons. The van der Waals surface area contributed by atoms with E-state index in [-0.39, 0.29) is 11.3 Å². The van der Waals surface area contributed by atoms with E-state index in [4.69, 9.17) is 0 Å². The molecule has 0 aliphatic carbocycles. The fourth-order valence-corrected chi connectivity index (χ4v) is 2.75. The van der Waals surface area contributed by atoms with Crippen LogP contribution in [0.4, 0.5) is 26.1 Å². The van der Waals surface area contributed by atoms with Gasteiger partial charge in [0.05, 0.1) is 11.3 Å². The van der Waals surface area contributed by atoms with Gasteiger partial charge < -0.3 is 10.6 Å². The Morgan fingerprint density at radius 3 is 2.43 bits per heavy atom. The number of rotatable bonds is 5. The van der Waals surface area contributed by atoms with Gasteiger partial charge in [0.15, 0.2) is 0 Å². The highest BCUT2D eigenvalue weighted by Gasteiger charge is 2.13. The van der Waals surface area contributed by atoms with Crippen LogP contribution in [-0.4, -0.2) is 15.9 Å². The van der Waals surface area contributed by atoms with Crippen LogP contribution in [-0.2, 0) is 0 Å². The first-order valence-electron chi connectivity index (χ1n) is 8.80. The molecular weight excluding hydrogens is 362 g/mol. The summed E-state index contributed by atoms with van der Waals surface area (Å²) in [5, 5.41) is 5.57. The van der Waals surface area contributed by atoms with Gasteiger partial charge in [-0.1, -0.05) is 32.0 Å². The zero-order valence-electron chi connectivity index (χ0n) is 15.8. The van der Waals surface area contributed by atoms with Crippen molar-refractivity contribution in [1.82, 2.24) is 9.97 Å². The van der Waals surface area contributed by atoms with Crippen LogP contribution >= 0.6 is 0 Å². The molecule has 2 aromatic carbocycles. The van der Waals surface area contributed by atoms with Crippen LogP contribution in [0.25, 0.3) is 0 Å². The van der Waals surface area contributed by atoms with Crippen molar-refractivity contribution in [2.24, 2.45) is 0 Å². The number of carbonyl (C=O) groups is 1. The molecule has 0 spiro atoms. The van der Waals surface area contributed by atoms with Gasteiger partial charge >= 0.3 is 0 Å². The van der Waals surface area contributed by atoms with Gasteiger partial charge in [-0.3, -0.25) is 4.79 Å². The number of nitrogens with zero attached hydrogens (tertiary/aromatic N) is 2. The summed E-state index contributed by atoms with van der Waals surface area (Å²) in [6, 6.07) is 8.96. The first-order chi connectivity index (χ1) is 13.3. The van der Waals surface area contributed by atoms with Gasteiger partial charge in [0.25, 0.3) is 5.91 Å². The molecule has 144 valence electrons. The Kier molecular flexibility index (Phi) is 5.63. The Hall–Kier alpha value is -3.35. The molecule has 5 nitrogen and oxygen atoms in total. The van der Waals surface area contributed by atoms with Crippen molar-refractivity contribution in [2.75, 3.05) is 10.6 Å². The van der Waals surface area contributed by atoms with Crippen molar-refractivity contribution in [2.45, 2.75) is 26.7 Å². The van der Waals surface area contributed by atoms with Gasteiger partial charge in [-0.15, -0.1) is 0 Å². The van der Waals surface area contributed by atoms with Gasteiger partial charge in [-0.2, -0.15) is 0 Å². The van der Waals surface area contributed by atoms with Crippen molar-refractivity contribution in [3.8, 4) is 0 Å². The molecule has 7 heteroatoms. The maximum atomic E-state index is 13.7. The predicted molar refractivity (Wildman–Crippen MR) is 105 cm³/mol. The SMILES string of the molecule is Cc1cccc(C(C)C)c1Nc1ncc(C(=O)Nc2ccc(F)cc2F)cn1. The summed E-state index contributed by atoms with van der Waals surface area (Å²) in [4.78, 5) is 20.6. The molecule has 1 amide bonds. The zero-order chi connectivity index (χ0) is 20.3. The summed E-state index contributed by atoms with van der Waals surface area (Å²) in [5.41, 5.74) is 3.17. The molecule has 0 aliphatic rings. The van der Waals surface area contributed by atoms with Crippen molar-refractivity contribution in [3.63, 3.8) is 0 Å². The van der Waals surface area contributed by atoms with E-state index in [9.17, 15) is 13.6 Å². The van der Waals surface area contributed by atoms with Crippen LogP contribution in [0.15, 0.2) is 48.8 Å². The number of halogens is 2. The van der Waals surface area contributed by atoms with Crippen molar-refractivity contribution in [1.29, 1.82) is 0 Å². The minimum absolute atomic E-state index is 0.116. The molecule has 0 atom stereocenters. The minimum Gasteiger partial charge on any atom is -0.324 e. The molecule has 0 bridgehead atoms. The highest BCUT2D eigenvalue weighted by Crippen LogP contribution is 2.29. The lowest BCUT2D eigenvalue weighted by Gasteiger charge is -2.16. The number of aryl methyl sites for hydroxylation is 1. The van der Waals surface area contributed by atoms with Crippen LogP contribution < -0.4 is 10.6 Å². The summed E-state index contributed by atoms with van der Waals surface area (Å²) in [7, 11) is 0. The highest BCUT2D eigenvalue weighted by atomic mass is 19.1. The molecule has 0 saturated carbocycles. The van der Waals surface area contributed by atoms with Gasteiger partial charge in [0.1, 0.15) is 11.6 Å². The van der Waals surface area contributed by atoms with Crippen LogP contribution in [0.2, 0.25) is 0 Å². The molecule has 3 aromatic rings. The zero-order valence-corrected chi connectivity index (χ0v) is 15.8. The lowest BCUT2D eigenvalue weighted by Crippen LogP contribution is -2.14. The second-order valence-corrected chi connectivity index (χ2v) is 6.69. The van der Waals surface area contributed by atoms with Crippen molar-refractivity contribution >= 4 is 23.2 Å². The highest BCUT2D eigenvalue weighted by molar-refractivity contribution is 6.04. The van der Waals surface area contributed by atoms with E-state index in [1.165, 1.54) is 12.4 Å². The second-order valence-electron chi connectivity index (χ2n) is 6.69. The van der Waals surface area contributed by atoms with Gasteiger partial charge in [-0.05, 0) is 36.1 Å². The fourth-order valence-electron chi connectivity index (χ4n) is 2.75. The first-order valence-corrected chi connectivity index (χ1v) is 8.80. The maximum Gasteiger partial charge on any atom is 0.258 e. The average molecular weight is 382 g/mol. The van der Waals surface area contributed by atoms with Crippen LogP contribution in [0, 0.1) is 18.6 Å². The molecule has 2 N–H and O–H groups in total. The van der Waals surface area contributed by atoms with Gasteiger partial charge in [0.2, 0.25) is 5.95 Å². The number of anilines is 3. The first kappa shape index (κ1) is 19.4. The van der Waals surface area contributed by atoms with E-state index in [1.54, 1.807) is 0 Å². The summed E-state index contributed by atoms with van der Waals surface area (Å²) < 4.78 is 26.6. The Labute approximate surface area is 161 Å². The lowest BCUT2D eigenvalue weighted by atomic mass is 9.98. The third kappa shape index (κ3) is 4.31. The van der Waals surface area contributed by atoms with Gasteiger partial charge in [0, 0.05) is 24.1 Å². The van der Waals surface area contributed by atoms with Crippen LogP contribution in [0.5, 0.6) is 0 Å². The third-order valence-corrected chi connectivity index (χ3v) is 4.26. The normalized spacial score (nSPS) is 10.8. The number of para-hydroxylation sites is 1. The molecule has 0 unspecified atom stereocenters. The number of aromatic nitrogens is 2. The molecule has 1 aromatic heterocycles. The number of amides is 1. The lowest BCUT2D eigenvalue weighted by molar-refractivity contribution is 0.102. The Morgan fingerprint density at radius 2 is 1.79 bits per heavy atom. The minimum atomic E-state index is -0.853. The monoisotopic (exact) mass is 382 g/mol. The standard InChI is InChI=1S/C21H20F2N4O/c1-12(2)16-6-4-5-13(3)19(16)27-21-24-10-14(11-25-21)20(28)26-18-8-7-15(22)9-17(18)23/h4-12H,1-3H3,(H,26,28)(H,24,25,27). The average Bonchev–Trinajstić information content (AvgIpc) is 2.66. The number of benzene rings is 2. The second kappa shape index (κ2) is 8.12. The third-order valence-electron chi connectivity index (χ3n) is 4.26. The molecule has 0 fully saturated rings. The molecule has 0 aliphatic heterocycles. The fraction of sp³-hybridized carbons (Fsp3) is 0.190. The quantitative estimate of drug-likeness (QED) is 0.638. The van der Waals surface area contributed by atoms with E-state index < -0.39 is 17.5 Å². The van der Waals surface area contributed by atoms with E-state index in [0.717, 1.165) is 28.9 Å². The smallest absolute Gasteiger partial charge is 0.258 e. The van der Waals surface area contributed by atoms with Crippen molar-refractivity contribution in [3.05, 3.63) is 77.1 Å². The van der Waals surface area contributed by atoms with Gasteiger partial charge in [-0.25, -0.2) is 18.7 Å². The van der Waals surface area contributed by atoms with E-state index in [1.807, 2.05) is 25.1 Å². The Balaban J connectivity index is 1.76. The number of carbonyl (C=O) groups excluding carboxylic acids is 1. The molecule has 0 saturated heterocycles. The van der Waals surface area contributed by atoms with E-state index in [0.29, 0.717) is 17.9 Å². The maximum absolute atomic E-state index is 13.7. The molecular formula is C21H20F2N4O. The number of nitrogens with one attached hydrogen (secondary N) is 2. The predicted octanol–water partition coefficient (Wildman–Crippen LogP) is 5.18. The number of hydrogen-bond donors (Lipinski definition) is 2. The van der Waals surface area contributed by atoms with Crippen molar-refractivity contribution < 1.29 is 13.6 Å². The summed E-state index contributed by atoms with van der Waals surface area (Å²) >= 11 is 0. The topological polar surface area (TPSA) is 66.9 Å². The Bertz CT molecular complexity index is 1000. The summed E-state index contributed by atoms with van der Waals surface area (Å²) in [6.45, 7) is 6.19. The van der Waals surface area contributed by atoms with E-state index in [2.05, 4.69) is 34.4 Å². The summed E-state index contributed by atoms with van der Waals surface area (Å²) in [6.07, 6.45) is 2.69. The van der Waals surface area contributed by atoms with Crippen LogP contribution in [0.3, 0.4) is 0 Å². The summed E-state index contributed by atoms with van der Waals surface area (Å²) in [5.74, 6) is -1.49. The number of hydrogen-bond acceptors (Lipinski definition) is 4. The largest absolute Gasteiger partial charge is 0.324 e.